The third kappa shape index (κ3) is 6.36. The van der Waals surface area contributed by atoms with Crippen molar-refractivity contribution in [2.24, 2.45) is 11.8 Å². The maximum atomic E-state index is 12.0. The van der Waals surface area contributed by atoms with Crippen LogP contribution in [0.3, 0.4) is 0 Å². The highest BCUT2D eigenvalue weighted by molar-refractivity contribution is 5.84. The van der Waals surface area contributed by atoms with E-state index < -0.39 is 0 Å². The highest BCUT2D eigenvalue weighted by Gasteiger charge is 2.25. The molecule has 5 rings (SSSR count). The van der Waals surface area contributed by atoms with Gasteiger partial charge in [-0.2, -0.15) is 0 Å². The number of likely N-dealkylation sites (tertiary alicyclic amines) is 2. The summed E-state index contributed by atoms with van der Waals surface area (Å²) in [6.45, 7) is 6.74. The summed E-state index contributed by atoms with van der Waals surface area (Å²) in [5.41, 5.74) is 3.09. The van der Waals surface area contributed by atoms with Crippen molar-refractivity contribution in [3.05, 3.63) is 23.4 Å². The van der Waals surface area contributed by atoms with Gasteiger partial charge in [0.2, 0.25) is 5.91 Å². The Labute approximate surface area is 209 Å². The van der Waals surface area contributed by atoms with E-state index in [0.29, 0.717) is 5.91 Å². The second-order valence-electron chi connectivity index (χ2n) is 11.2. The lowest BCUT2D eigenvalue weighted by Crippen LogP contribution is -2.43. The minimum absolute atomic E-state index is 0.348. The standard InChI is InChI=1S/C28H42N4O3/c1-30(2)19-24-26(34-20-22-6-7-22)11-9-23-25(29-35-28(23)24)10-8-21-12-15-31(16-13-21)17-18-32-14-4-3-5-27(32)33/h9,11,21-22H,3-8,10,12-20H2,1-2H3. The summed E-state index contributed by atoms with van der Waals surface area (Å²) in [5, 5.41) is 5.65. The lowest BCUT2D eigenvalue weighted by atomic mass is 9.91. The van der Waals surface area contributed by atoms with Crippen LogP contribution in [-0.2, 0) is 17.8 Å². The van der Waals surface area contributed by atoms with E-state index in [1.54, 1.807) is 0 Å². The molecule has 0 radical (unpaired) electrons. The van der Waals surface area contributed by atoms with Gasteiger partial charge in [-0.25, -0.2) is 0 Å². The third-order valence-electron chi connectivity index (χ3n) is 8.03. The number of hydrogen-bond donors (Lipinski definition) is 0. The molecule has 0 N–H and O–H groups in total. The van der Waals surface area contributed by atoms with Gasteiger partial charge in [-0.3, -0.25) is 4.79 Å². The number of carbonyl (C=O) groups is 1. The SMILES string of the molecule is CN(C)Cc1c(OCC2CC2)ccc2c(CCC3CCN(CCN4CCCCC4=O)CC3)noc12. The molecule has 7 heteroatoms. The Morgan fingerprint density at radius 3 is 2.63 bits per heavy atom. The number of hydrogen-bond acceptors (Lipinski definition) is 6. The molecule has 1 aromatic heterocycles. The Kier molecular flexibility index (Phi) is 7.93. The number of piperidine rings is 2. The summed E-state index contributed by atoms with van der Waals surface area (Å²) in [7, 11) is 4.16. The van der Waals surface area contributed by atoms with Crippen molar-refractivity contribution in [2.75, 3.05) is 53.4 Å². The van der Waals surface area contributed by atoms with Crippen molar-refractivity contribution >= 4 is 16.9 Å². The van der Waals surface area contributed by atoms with Crippen molar-refractivity contribution in [3.63, 3.8) is 0 Å². The Hall–Kier alpha value is -2.12. The normalized spacial score (nSPS) is 20.3. The molecule has 7 nitrogen and oxygen atoms in total. The molecule has 1 aliphatic carbocycles. The summed E-state index contributed by atoms with van der Waals surface area (Å²) < 4.78 is 12.1. The molecule has 192 valence electrons. The molecule has 0 spiro atoms. The molecule has 2 aliphatic heterocycles. The molecule has 0 unspecified atom stereocenters. The lowest BCUT2D eigenvalue weighted by molar-refractivity contribution is -0.133. The fourth-order valence-corrected chi connectivity index (χ4v) is 5.56. The summed E-state index contributed by atoms with van der Waals surface area (Å²) in [5.74, 6) is 2.75. The van der Waals surface area contributed by atoms with Gasteiger partial charge in [-0.1, -0.05) is 5.16 Å². The van der Waals surface area contributed by atoms with Gasteiger partial charge < -0.3 is 24.0 Å². The number of benzene rings is 1. The number of nitrogens with zero attached hydrogens (tertiary/aromatic N) is 4. The first-order valence-corrected chi connectivity index (χ1v) is 13.7. The predicted octanol–water partition coefficient (Wildman–Crippen LogP) is 4.34. The van der Waals surface area contributed by atoms with E-state index in [2.05, 4.69) is 46.1 Å². The maximum Gasteiger partial charge on any atom is 0.222 e. The highest BCUT2D eigenvalue weighted by Crippen LogP contribution is 2.35. The minimum atomic E-state index is 0.348. The van der Waals surface area contributed by atoms with E-state index in [9.17, 15) is 4.79 Å². The van der Waals surface area contributed by atoms with E-state index in [1.165, 1.54) is 25.7 Å². The number of aryl methyl sites for hydroxylation is 1. The quantitative estimate of drug-likeness (QED) is 0.475. The van der Waals surface area contributed by atoms with Crippen LogP contribution in [0.5, 0.6) is 5.75 Å². The van der Waals surface area contributed by atoms with Crippen LogP contribution in [0.4, 0.5) is 0 Å². The zero-order valence-electron chi connectivity index (χ0n) is 21.6. The molecule has 1 aromatic carbocycles. The highest BCUT2D eigenvalue weighted by atomic mass is 16.5. The number of amides is 1. The molecule has 1 saturated carbocycles. The zero-order chi connectivity index (χ0) is 24.2. The smallest absolute Gasteiger partial charge is 0.222 e. The van der Waals surface area contributed by atoms with Gasteiger partial charge in [0.25, 0.3) is 0 Å². The first kappa shape index (κ1) is 24.6. The topological polar surface area (TPSA) is 62.1 Å². The van der Waals surface area contributed by atoms with Gasteiger partial charge in [-0.15, -0.1) is 0 Å². The second kappa shape index (κ2) is 11.3. The Morgan fingerprint density at radius 2 is 1.89 bits per heavy atom. The molecule has 3 aliphatic rings. The fourth-order valence-electron chi connectivity index (χ4n) is 5.56. The van der Waals surface area contributed by atoms with E-state index in [-0.39, 0.29) is 0 Å². The first-order chi connectivity index (χ1) is 17.1. The van der Waals surface area contributed by atoms with Crippen LogP contribution < -0.4 is 4.74 Å². The molecular formula is C28H42N4O3. The van der Waals surface area contributed by atoms with Crippen molar-refractivity contribution < 1.29 is 14.1 Å². The van der Waals surface area contributed by atoms with Crippen LogP contribution in [0.2, 0.25) is 0 Å². The fraction of sp³-hybridized carbons (Fsp3) is 0.714. The van der Waals surface area contributed by atoms with Crippen molar-refractivity contribution in [1.29, 1.82) is 0 Å². The summed E-state index contributed by atoms with van der Waals surface area (Å²) in [6, 6.07) is 4.27. The van der Waals surface area contributed by atoms with Crippen LogP contribution >= 0.6 is 0 Å². The van der Waals surface area contributed by atoms with Gasteiger partial charge >= 0.3 is 0 Å². The van der Waals surface area contributed by atoms with Gasteiger partial charge in [0.05, 0.1) is 17.9 Å². The molecule has 3 fully saturated rings. The molecule has 35 heavy (non-hydrogen) atoms. The van der Waals surface area contributed by atoms with Crippen molar-refractivity contribution in [3.8, 4) is 5.75 Å². The Morgan fingerprint density at radius 1 is 1.06 bits per heavy atom. The van der Waals surface area contributed by atoms with Crippen LogP contribution in [0, 0.1) is 11.8 Å². The van der Waals surface area contributed by atoms with Gasteiger partial charge in [0, 0.05) is 38.0 Å². The Balaban J connectivity index is 1.13. The summed E-state index contributed by atoms with van der Waals surface area (Å²) in [4.78, 5) is 18.8. The summed E-state index contributed by atoms with van der Waals surface area (Å²) in [6.07, 6.45) is 10.1. The molecule has 0 atom stereocenters. The lowest BCUT2D eigenvalue weighted by Gasteiger charge is -2.34. The van der Waals surface area contributed by atoms with Gasteiger partial charge in [-0.05, 0) is 103 Å². The van der Waals surface area contributed by atoms with Gasteiger partial charge in [0.1, 0.15) is 5.75 Å². The van der Waals surface area contributed by atoms with E-state index >= 15 is 0 Å². The molecular weight excluding hydrogens is 440 g/mol. The maximum absolute atomic E-state index is 12.0. The molecule has 2 saturated heterocycles. The van der Waals surface area contributed by atoms with E-state index in [0.717, 1.165) is 118 Å². The average molecular weight is 483 g/mol. The number of carbonyl (C=O) groups excluding carboxylic acids is 1. The van der Waals surface area contributed by atoms with Crippen LogP contribution in [0.1, 0.15) is 62.6 Å². The predicted molar refractivity (Wildman–Crippen MR) is 138 cm³/mol. The number of aromatic nitrogens is 1. The molecule has 0 bridgehead atoms. The van der Waals surface area contributed by atoms with Crippen molar-refractivity contribution in [2.45, 2.75) is 64.3 Å². The first-order valence-electron chi connectivity index (χ1n) is 13.7. The summed E-state index contributed by atoms with van der Waals surface area (Å²) >= 11 is 0. The monoisotopic (exact) mass is 482 g/mol. The van der Waals surface area contributed by atoms with Crippen molar-refractivity contribution in [1.82, 2.24) is 19.9 Å². The largest absolute Gasteiger partial charge is 0.493 e. The van der Waals surface area contributed by atoms with Crippen LogP contribution in [0.15, 0.2) is 16.7 Å². The van der Waals surface area contributed by atoms with E-state index in [1.807, 2.05) is 0 Å². The van der Waals surface area contributed by atoms with Crippen LogP contribution in [0.25, 0.3) is 11.0 Å². The van der Waals surface area contributed by atoms with Crippen LogP contribution in [-0.4, -0.2) is 79.2 Å². The molecule has 1 amide bonds. The molecule has 3 heterocycles. The number of ether oxygens (including phenoxy) is 1. The Bertz CT molecular complexity index is 991. The minimum Gasteiger partial charge on any atom is -0.493 e. The second-order valence-corrected chi connectivity index (χ2v) is 11.2. The average Bonchev–Trinajstić information content (AvgIpc) is 3.60. The third-order valence-corrected chi connectivity index (χ3v) is 8.03. The number of fused-ring (bicyclic) bond motifs is 1. The molecule has 2 aromatic rings. The van der Waals surface area contributed by atoms with Gasteiger partial charge in [0.15, 0.2) is 5.58 Å². The van der Waals surface area contributed by atoms with E-state index in [4.69, 9.17) is 9.26 Å². The number of rotatable bonds is 11. The zero-order valence-corrected chi connectivity index (χ0v) is 21.6.